The molecular formula is C25H22FNO5S. The standard InChI is InChI=1S/C25H22FNO5S/c1-16-6-4-8-19(26)24(16)25(23-14-17-7-2-3-9-20(17)32-23)27-33(28,29)18-10-11-21-22(15-18)31-13-5-12-30-21/h2-4,6-11,14-15,25,27H,5,12-13H2,1H3/t25-/m0/s1. The SMILES string of the molecule is Cc1cccc(F)c1[C@@H](NS(=O)(=O)c1ccc2c(c1)OCCCO2)c1cc2ccccc2o1. The molecule has 33 heavy (non-hydrogen) atoms. The highest BCUT2D eigenvalue weighted by atomic mass is 32.2. The van der Waals surface area contributed by atoms with E-state index in [2.05, 4.69) is 4.72 Å². The molecule has 0 bridgehead atoms. The van der Waals surface area contributed by atoms with Crippen LogP contribution < -0.4 is 14.2 Å². The lowest BCUT2D eigenvalue weighted by Crippen LogP contribution is -2.30. The number of nitrogens with one attached hydrogen (secondary N) is 1. The van der Waals surface area contributed by atoms with Gasteiger partial charge in [-0.15, -0.1) is 0 Å². The van der Waals surface area contributed by atoms with Gasteiger partial charge in [0.15, 0.2) is 11.5 Å². The molecule has 0 saturated heterocycles. The Morgan fingerprint density at radius 2 is 1.73 bits per heavy atom. The molecule has 1 atom stereocenters. The average molecular weight is 468 g/mol. The summed E-state index contributed by atoms with van der Waals surface area (Å²) >= 11 is 0. The van der Waals surface area contributed by atoms with Crippen molar-refractivity contribution in [1.29, 1.82) is 0 Å². The number of rotatable bonds is 5. The van der Waals surface area contributed by atoms with Crippen LogP contribution in [0.25, 0.3) is 11.0 Å². The molecule has 0 amide bonds. The second-order valence-electron chi connectivity index (χ2n) is 7.87. The number of fused-ring (bicyclic) bond motifs is 2. The number of hydrogen-bond acceptors (Lipinski definition) is 5. The van der Waals surface area contributed by atoms with Crippen molar-refractivity contribution in [2.45, 2.75) is 24.3 Å². The maximum Gasteiger partial charge on any atom is 0.241 e. The number of sulfonamides is 1. The monoisotopic (exact) mass is 467 g/mol. The van der Waals surface area contributed by atoms with E-state index in [4.69, 9.17) is 13.9 Å². The summed E-state index contributed by atoms with van der Waals surface area (Å²) in [6, 6.07) is 17.0. The quantitative estimate of drug-likeness (QED) is 0.441. The van der Waals surface area contributed by atoms with Crippen LogP contribution in [0.15, 0.2) is 76.0 Å². The van der Waals surface area contributed by atoms with Crippen molar-refractivity contribution in [3.63, 3.8) is 0 Å². The summed E-state index contributed by atoms with van der Waals surface area (Å²) < 4.78 is 61.7. The summed E-state index contributed by atoms with van der Waals surface area (Å²) in [4.78, 5) is -0.0122. The van der Waals surface area contributed by atoms with Crippen LogP contribution in [0.3, 0.4) is 0 Å². The minimum atomic E-state index is -4.08. The lowest BCUT2D eigenvalue weighted by molar-refractivity contribution is 0.297. The Hall–Kier alpha value is -3.36. The first-order chi connectivity index (χ1) is 15.9. The first-order valence-corrected chi connectivity index (χ1v) is 12.1. The Bertz CT molecular complexity index is 1380. The molecule has 0 aliphatic carbocycles. The Kier molecular flexibility index (Phi) is 5.55. The minimum absolute atomic E-state index is 0.0122. The largest absolute Gasteiger partial charge is 0.490 e. The van der Waals surface area contributed by atoms with Gasteiger partial charge in [0.1, 0.15) is 23.2 Å². The highest BCUT2D eigenvalue weighted by Gasteiger charge is 2.30. The Balaban J connectivity index is 1.59. The molecule has 2 heterocycles. The third-order valence-corrected chi connectivity index (χ3v) is 7.01. The number of hydrogen-bond donors (Lipinski definition) is 1. The van der Waals surface area contributed by atoms with Gasteiger partial charge in [0.2, 0.25) is 10.0 Å². The number of para-hydroxylation sites is 1. The molecule has 1 aliphatic rings. The van der Waals surface area contributed by atoms with Gasteiger partial charge in [-0.3, -0.25) is 0 Å². The number of benzene rings is 3. The molecule has 6 nitrogen and oxygen atoms in total. The second-order valence-corrected chi connectivity index (χ2v) is 9.58. The van der Waals surface area contributed by atoms with Gasteiger partial charge in [0.25, 0.3) is 0 Å². The van der Waals surface area contributed by atoms with E-state index in [9.17, 15) is 12.8 Å². The van der Waals surface area contributed by atoms with E-state index in [1.165, 1.54) is 18.2 Å². The van der Waals surface area contributed by atoms with Crippen LogP contribution in [0.1, 0.15) is 29.3 Å². The van der Waals surface area contributed by atoms with Crippen molar-refractivity contribution in [1.82, 2.24) is 4.72 Å². The van der Waals surface area contributed by atoms with Crippen LogP contribution in [-0.2, 0) is 10.0 Å². The first-order valence-electron chi connectivity index (χ1n) is 10.6. The fraction of sp³-hybridized carbons (Fsp3) is 0.200. The van der Waals surface area contributed by atoms with Gasteiger partial charge >= 0.3 is 0 Å². The van der Waals surface area contributed by atoms with E-state index in [1.807, 2.05) is 18.2 Å². The lowest BCUT2D eigenvalue weighted by Gasteiger charge is -2.20. The van der Waals surface area contributed by atoms with Crippen molar-refractivity contribution in [3.8, 4) is 11.5 Å². The van der Waals surface area contributed by atoms with E-state index < -0.39 is 21.9 Å². The maximum atomic E-state index is 15.0. The summed E-state index contributed by atoms with van der Waals surface area (Å²) in [5.41, 5.74) is 1.39. The predicted octanol–water partition coefficient (Wildman–Crippen LogP) is 5.11. The number of halogens is 1. The van der Waals surface area contributed by atoms with Crippen LogP contribution in [0.4, 0.5) is 4.39 Å². The van der Waals surface area contributed by atoms with Gasteiger partial charge < -0.3 is 13.9 Å². The summed E-state index contributed by atoms with van der Waals surface area (Å²) in [5, 5.41) is 0.793. The molecule has 1 N–H and O–H groups in total. The third kappa shape index (κ3) is 4.19. The molecule has 4 aromatic rings. The van der Waals surface area contributed by atoms with Gasteiger partial charge in [0, 0.05) is 23.4 Å². The Labute approximate surface area is 191 Å². The van der Waals surface area contributed by atoms with E-state index in [0.29, 0.717) is 48.0 Å². The summed E-state index contributed by atoms with van der Waals surface area (Å²) in [5.74, 6) is 0.618. The number of ether oxygens (including phenoxy) is 2. The molecule has 0 saturated carbocycles. The third-order valence-electron chi connectivity index (χ3n) is 5.59. The topological polar surface area (TPSA) is 77.8 Å². The minimum Gasteiger partial charge on any atom is -0.490 e. The molecule has 5 rings (SSSR count). The summed E-state index contributed by atoms with van der Waals surface area (Å²) in [7, 11) is -4.08. The fourth-order valence-corrected chi connectivity index (χ4v) is 5.14. The Morgan fingerprint density at radius 3 is 2.52 bits per heavy atom. The number of aryl methyl sites for hydroxylation is 1. The maximum absolute atomic E-state index is 15.0. The fourth-order valence-electron chi connectivity index (χ4n) is 3.95. The van der Waals surface area contributed by atoms with Crippen LogP contribution in [0.5, 0.6) is 11.5 Å². The molecule has 3 aromatic carbocycles. The zero-order valence-corrected chi connectivity index (χ0v) is 18.7. The van der Waals surface area contributed by atoms with Crippen molar-refractivity contribution in [3.05, 3.63) is 89.4 Å². The van der Waals surface area contributed by atoms with E-state index in [1.54, 1.807) is 37.3 Å². The predicted molar refractivity (Wildman–Crippen MR) is 122 cm³/mol. The lowest BCUT2D eigenvalue weighted by atomic mass is 9.99. The molecule has 1 aromatic heterocycles. The second kappa shape index (κ2) is 8.53. The van der Waals surface area contributed by atoms with Crippen molar-refractivity contribution < 1.29 is 26.7 Å². The van der Waals surface area contributed by atoms with E-state index >= 15 is 0 Å². The van der Waals surface area contributed by atoms with Crippen molar-refractivity contribution >= 4 is 21.0 Å². The molecule has 8 heteroatoms. The van der Waals surface area contributed by atoms with Gasteiger partial charge in [0.05, 0.1) is 18.1 Å². The molecule has 170 valence electrons. The van der Waals surface area contributed by atoms with Crippen molar-refractivity contribution in [2.24, 2.45) is 0 Å². The van der Waals surface area contributed by atoms with Crippen LogP contribution in [-0.4, -0.2) is 21.6 Å². The molecular weight excluding hydrogens is 445 g/mol. The first kappa shape index (κ1) is 21.5. The van der Waals surface area contributed by atoms with E-state index in [0.717, 1.165) is 5.39 Å². The van der Waals surface area contributed by atoms with Crippen molar-refractivity contribution in [2.75, 3.05) is 13.2 Å². The van der Waals surface area contributed by atoms with Crippen LogP contribution in [0.2, 0.25) is 0 Å². The number of furan rings is 1. The highest BCUT2D eigenvalue weighted by molar-refractivity contribution is 7.89. The molecule has 0 spiro atoms. The van der Waals surface area contributed by atoms with Gasteiger partial charge in [-0.2, -0.15) is 4.72 Å². The molecule has 1 aliphatic heterocycles. The van der Waals surface area contributed by atoms with Gasteiger partial charge in [-0.05, 0) is 42.8 Å². The zero-order chi connectivity index (χ0) is 23.0. The highest BCUT2D eigenvalue weighted by Crippen LogP contribution is 2.35. The molecule has 0 fully saturated rings. The van der Waals surface area contributed by atoms with E-state index in [-0.39, 0.29) is 10.5 Å². The Morgan fingerprint density at radius 1 is 0.939 bits per heavy atom. The van der Waals surface area contributed by atoms with Gasteiger partial charge in [-0.1, -0.05) is 30.3 Å². The molecule has 0 radical (unpaired) electrons. The van der Waals surface area contributed by atoms with Crippen LogP contribution >= 0.6 is 0 Å². The normalized spacial score (nSPS) is 14.7. The zero-order valence-electron chi connectivity index (χ0n) is 17.9. The smallest absolute Gasteiger partial charge is 0.241 e. The molecule has 0 unspecified atom stereocenters. The average Bonchev–Trinajstić information content (AvgIpc) is 3.08. The van der Waals surface area contributed by atoms with Gasteiger partial charge in [-0.25, -0.2) is 12.8 Å². The van der Waals surface area contributed by atoms with Crippen LogP contribution in [0, 0.1) is 12.7 Å². The summed E-state index contributed by atoms with van der Waals surface area (Å²) in [6.07, 6.45) is 0.704. The summed E-state index contributed by atoms with van der Waals surface area (Å²) in [6.45, 7) is 2.66.